The van der Waals surface area contributed by atoms with Gasteiger partial charge in [-0.25, -0.2) is 4.79 Å². The average molecular weight is 348 g/mol. The number of hydrogen-bond acceptors (Lipinski definition) is 6. The second kappa shape index (κ2) is 10.7. The molecule has 9 N–H and O–H groups in total. The van der Waals surface area contributed by atoms with E-state index in [4.69, 9.17) is 22.3 Å². The highest BCUT2D eigenvalue weighted by atomic mass is 32.1. The lowest BCUT2D eigenvalue weighted by molar-refractivity contribution is -0.142. The van der Waals surface area contributed by atoms with Gasteiger partial charge < -0.3 is 32.9 Å². The molecule has 10 nitrogen and oxygen atoms in total. The van der Waals surface area contributed by atoms with Gasteiger partial charge in [0.15, 0.2) is 5.96 Å². The number of aliphatic carboxylic acids is 1. The van der Waals surface area contributed by atoms with Crippen LogP contribution in [0.1, 0.15) is 19.8 Å². The fraction of sp³-hybridized carbons (Fsp3) is 0.667. The van der Waals surface area contributed by atoms with E-state index in [2.05, 4.69) is 28.3 Å². The number of nitrogens with two attached hydrogens (primary N) is 3. The van der Waals surface area contributed by atoms with Crippen LogP contribution in [0.4, 0.5) is 0 Å². The lowest BCUT2D eigenvalue weighted by Gasteiger charge is -2.20. The summed E-state index contributed by atoms with van der Waals surface area (Å²) in [6, 6.07) is -2.89. The highest BCUT2D eigenvalue weighted by Gasteiger charge is 2.26. The highest BCUT2D eigenvalue weighted by molar-refractivity contribution is 7.80. The Morgan fingerprint density at radius 3 is 2.17 bits per heavy atom. The summed E-state index contributed by atoms with van der Waals surface area (Å²) in [7, 11) is 0. The Balaban J connectivity index is 4.60. The zero-order valence-corrected chi connectivity index (χ0v) is 13.8. The van der Waals surface area contributed by atoms with Crippen molar-refractivity contribution in [1.29, 1.82) is 0 Å². The molecule has 23 heavy (non-hydrogen) atoms. The van der Waals surface area contributed by atoms with Crippen molar-refractivity contribution < 1.29 is 19.5 Å². The monoisotopic (exact) mass is 348 g/mol. The van der Waals surface area contributed by atoms with E-state index in [1.54, 1.807) is 0 Å². The topological polar surface area (TPSA) is 186 Å². The van der Waals surface area contributed by atoms with Crippen molar-refractivity contribution in [2.24, 2.45) is 22.2 Å². The lowest BCUT2D eigenvalue weighted by atomic mass is 10.1. The molecule has 0 aliphatic heterocycles. The van der Waals surface area contributed by atoms with Crippen LogP contribution in [0.2, 0.25) is 0 Å². The summed E-state index contributed by atoms with van der Waals surface area (Å²) in [5.41, 5.74) is 15.7. The molecule has 0 bridgehead atoms. The van der Waals surface area contributed by atoms with Crippen LogP contribution in [0.5, 0.6) is 0 Å². The molecule has 0 aromatic rings. The van der Waals surface area contributed by atoms with E-state index in [0.29, 0.717) is 6.42 Å². The largest absolute Gasteiger partial charge is 0.480 e. The lowest BCUT2D eigenvalue weighted by Crippen LogP contribution is -2.54. The molecule has 0 aromatic carbocycles. The zero-order valence-electron chi connectivity index (χ0n) is 12.9. The van der Waals surface area contributed by atoms with Crippen LogP contribution < -0.4 is 27.8 Å². The first-order valence-electron chi connectivity index (χ1n) is 6.94. The number of guanidine groups is 1. The number of nitrogens with one attached hydrogen (secondary N) is 2. The van der Waals surface area contributed by atoms with Crippen LogP contribution in [0.25, 0.3) is 0 Å². The summed E-state index contributed by atoms with van der Waals surface area (Å²) >= 11 is 3.97. The first kappa shape index (κ1) is 21.0. The van der Waals surface area contributed by atoms with Crippen molar-refractivity contribution in [2.75, 3.05) is 12.3 Å². The van der Waals surface area contributed by atoms with Crippen molar-refractivity contribution in [1.82, 2.24) is 10.6 Å². The van der Waals surface area contributed by atoms with Gasteiger partial charge in [-0.2, -0.15) is 12.6 Å². The number of thiol groups is 1. The molecule has 0 spiro atoms. The Morgan fingerprint density at radius 1 is 1.17 bits per heavy atom. The van der Waals surface area contributed by atoms with Crippen molar-refractivity contribution in [2.45, 2.75) is 37.9 Å². The van der Waals surface area contributed by atoms with E-state index in [1.165, 1.54) is 6.92 Å². The van der Waals surface area contributed by atoms with Gasteiger partial charge in [-0.1, -0.05) is 0 Å². The summed E-state index contributed by atoms with van der Waals surface area (Å²) in [5.74, 6) is -2.46. The van der Waals surface area contributed by atoms with Crippen LogP contribution in [-0.4, -0.2) is 59.3 Å². The van der Waals surface area contributed by atoms with E-state index in [-0.39, 0.29) is 24.7 Å². The highest BCUT2D eigenvalue weighted by Crippen LogP contribution is 2.00. The number of hydrogen-bond donors (Lipinski definition) is 7. The number of rotatable bonds is 10. The molecule has 0 saturated carbocycles. The van der Waals surface area contributed by atoms with Gasteiger partial charge in [-0.05, 0) is 19.8 Å². The molecule has 0 unspecified atom stereocenters. The summed E-state index contributed by atoms with van der Waals surface area (Å²) in [5, 5.41) is 13.9. The minimum atomic E-state index is -1.19. The van der Waals surface area contributed by atoms with E-state index in [1.807, 2.05) is 0 Å². The molecule has 0 aliphatic rings. The van der Waals surface area contributed by atoms with Gasteiger partial charge in [0.1, 0.15) is 12.1 Å². The van der Waals surface area contributed by atoms with Crippen LogP contribution in [-0.2, 0) is 14.4 Å². The fourth-order valence-electron chi connectivity index (χ4n) is 1.53. The maximum Gasteiger partial charge on any atom is 0.326 e. The predicted molar refractivity (Wildman–Crippen MR) is 88.9 cm³/mol. The maximum absolute atomic E-state index is 12.0. The van der Waals surface area contributed by atoms with Crippen molar-refractivity contribution in [3.05, 3.63) is 0 Å². The van der Waals surface area contributed by atoms with Gasteiger partial charge in [-0.3, -0.25) is 14.6 Å². The molecular formula is C12H24N6O4S. The summed E-state index contributed by atoms with van der Waals surface area (Å²) in [6.07, 6.45) is 0.505. The summed E-state index contributed by atoms with van der Waals surface area (Å²) in [4.78, 5) is 38.5. The van der Waals surface area contributed by atoms with E-state index in [9.17, 15) is 14.4 Å². The molecule has 132 valence electrons. The van der Waals surface area contributed by atoms with Crippen molar-refractivity contribution in [3.8, 4) is 0 Å². The fourth-order valence-corrected chi connectivity index (χ4v) is 1.79. The zero-order chi connectivity index (χ0) is 18.0. The minimum Gasteiger partial charge on any atom is -0.480 e. The molecule has 3 atom stereocenters. The first-order valence-corrected chi connectivity index (χ1v) is 7.57. The van der Waals surface area contributed by atoms with Gasteiger partial charge in [0.05, 0.1) is 6.04 Å². The maximum atomic E-state index is 12.0. The van der Waals surface area contributed by atoms with Crippen molar-refractivity contribution in [3.63, 3.8) is 0 Å². The van der Waals surface area contributed by atoms with E-state index in [0.717, 1.165) is 0 Å². The smallest absolute Gasteiger partial charge is 0.326 e. The number of carboxylic acid groups (broad SMARTS) is 1. The summed E-state index contributed by atoms with van der Waals surface area (Å²) < 4.78 is 0. The molecular weight excluding hydrogens is 324 g/mol. The molecule has 0 heterocycles. The SMILES string of the molecule is C[C@H](N)C(=O)N[C@@H](CS)C(=O)N[C@@H](CCCN=C(N)N)C(=O)O. The van der Waals surface area contributed by atoms with Crippen LogP contribution in [0.3, 0.4) is 0 Å². The quantitative estimate of drug-likeness (QED) is 0.0973. The van der Waals surface area contributed by atoms with Gasteiger partial charge in [0.2, 0.25) is 11.8 Å². The Hall–Kier alpha value is -2.01. The molecule has 0 fully saturated rings. The second-order valence-corrected chi connectivity index (χ2v) is 5.25. The number of amides is 2. The second-order valence-electron chi connectivity index (χ2n) is 4.88. The van der Waals surface area contributed by atoms with Gasteiger partial charge in [0, 0.05) is 12.3 Å². The Labute approximate surface area is 139 Å². The molecule has 2 amide bonds. The van der Waals surface area contributed by atoms with Gasteiger partial charge in [-0.15, -0.1) is 0 Å². The number of aliphatic imine (C=N–C) groups is 1. The third-order valence-electron chi connectivity index (χ3n) is 2.79. The number of nitrogens with zero attached hydrogens (tertiary/aromatic N) is 1. The molecule has 0 rings (SSSR count). The van der Waals surface area contributed by atoms with Crippen LogP contribution in [0, 0.1) is 0 Å². The third-order valence-corrected chi connectivity index (χ3v) is 3.15. The number of carbonyl (C=O) groups is 3. The van der Waals surface area contributed by atoms with Crippen LogP contribution >= 0.6 is 12.6 Å². The van der Waals surface area contributed by atoms with E-state index < -0.39 is 35.9 Å². The molecule has 11 heteroatoms. The molecule has 0 aliphatic carbocycles. The standard InChI is InChI=1S/C12H24N6O4S/c1-6(13)9(19)18-8(5-23)10(20)17-7(11(21)22)3-2-4-16-12(14)15/h6-8,23H,2-5,13H2,1H3,(H,17,20)(H,18,19)(H,21,22)(H4,14,15,16)/t6-,7-,8-/m0/s1. The number of carboxylic acids is 1. The van der Waals surface area contributed by atoms with E-state index >= 15 is 0 Å². The molecule has 0 saturated heterocycles. The van der Waals surface area contributed by atoms with Gasteiger partial charge >= 0.3 is 5.97 Å². The number of carbonyl (C=O) groups excluding carboxylic acids is 2. The average Bonchev–Trinajstić information content (AvgIpc) is 2.46. The minimum absolute atomic E-state index is 0.00460. The van der Waals surface area contributed by atoms with Crippen molar-refractivity contribution >= 4 is 36.4 Å². The first-order chi connectivity index (χ1) is 10.7. The van der Waals surface area contributed by atoms with Gasteiger partial charge in [0.25, 0.3) is 0 Å². The van der Waals surface area contributed by atoms with Crippen LogP contribution in [0.15, 0.2) is 4.99 Å². The third kappa shape index (κ3) is 8.88. The molecule has 0 radical (unpaired) electrons. The molecule has 0 aromatic heterocycles. The Kier molecular flexibility index (Phi) is 9.74. The Bertz CT molecular complexity index is 453. The predicted octanol–water partition coefficient (Wildman–Crippen LogP) is -2.63. The normalized spacial score (nSPS) is 14.2. The summed E-state index contributed by atoms with van der Waals surface area (Å²) in [6.45, 7) is 1.71. The Morgan fingerprint density at radius 2 is 1.74 bits per heavy atom.